The minimum absolute atomic E-state index is 0.200. The number of halogens is 2. The van der Waals surface area contributed by atoms with Gasteiger partial charge < -0.3 is 5.32 Å². The summed E-state index contributed by atoms with van der Waals surface area (Å²) in [7, 11) is 0. The van der Waals surface area contributed by atoms with E-state index < -0.39 is 5.92 Å². The summed E-state index contributed by atoms with van der Waals surface area (Å²) in [5, 5.41) is 7.26. The zero-order valence-corrected chi connectivity index (χ0v) is 17.4. The van der Waals surface area contributed by atoms with E-state index in [0.29, 0.717) is 18.3 Å². The number of hydrogen-bond donors (Lipinski definition) is 1. The van der Waals surface area contributed by atoms with E-state index >= 15 is 0 Å². The van der Waals surface area contributed by atoms with Gasteiger partial charge in [0.1, 0.15) is 0 Å². The third-order valence-corrected chi connectivity index (χ3v) is 5.64. The quantitative estimate of drug-likeness (QED) is 0.560. The molecule has 1 aromatic carbocycles. The Bertz CT molecular complexity index is 1140. The second-order valence-electron chi connectivity index (χ2n) is 8.42. The lowest BCUT2D eigenvalue weighted by Crippen LogP contribution is -2.55. The Morgan fingerprint density at radius 3 is 2.66 bits per heavy atom. The first kappa shape index (κ1) is 20.5. The summed E-state index contributed by atoms with van der Waals surface area (Å²) in [6, 6.07) is 9.66. The van der Waals surface area contributed by atoms with Gasteiger partial charge in [0, 0.05) is 48.0 Å². The molecule has 1 aliphatic carbocycles. The van der Waals surface area contributed by atoms with Gasteiger partial charge in [0.15, 0.2) is 0 Å². The smallest absolute Gasteiger partial charge is 0.272 e. The van der Waals surface area contributed by atoms with Crippen LogP contribution in [0.5, 0.6) is 0 Å². The van der Waals surface area contributed by atoms with Crippen molar-refractivity contribution in [1.29, 1.82) is 0 Å². The fourth-order valence-electron chi connectivity index (χ4n) is 3.84. The standard InChI is InChI=1S/C24H23F2N5O/c25-24(26)15-30(16-24)13-17-1-4-20(5-2-17)29-23(32)8-3-18-11-27-10-9-22(18)19-12-28-31(14-19)21-6-7-21/h1-5,8-12,14,21H,6-7,13,15-16H2,(H,29,32)/b8-3+. The molecule has 0 bridgehead atoms. The normalized spacial score (nSPS) is 17.9. The first-order valence-electron chi connectivity index (χ1n) is 10.6. The zero-order chi connectivity index (χ0) is 22.1. The molecule has 1 aliphatic heterocycles. The molecule has 0 spiro atoms. The number of anilines is 1. The van der Waals surface area contributed by atoms with Crippen LogP contribution in [0.2, 0.25) is 0 Å². The second-order valence-corrected chi connectivity index (χ2v) is 8.42. The molecule has 0 unspecified atom stereocenters. The van der Waals surface area contributed by atoms with Gasteiger partial charge in [0.05, 0.1) is 25.3 Å². The third-order valence-electron chi connectivity index (χ3n) is 5.64. The lowest BCUT2D eigenvalue weighted by molar-refractivity contribution is -0.133. The number of likely N-dealkylation sites (tertiary alicyclic amines) is 1. The fourth-order valence-corrected chi connectivity index (χ4v) is 3.84. The number of benzene rings is 1. The predicted octanol–water partition coefficient (Wildman–Crippen LogP) is 4.38. The number of nitrogens with zero attached hydrogens (tertiary/aromatic N) is 4. The van der Waals surface area contributed by atoms with Crippen molar-refractivity contribution < 1.29 is 13.6 Å². The zero-order valence-electron chi connectivity index (χ0n) is 17.4. The highest BCUT2D eigenvalue weighted by molar-refractivity contribution is 6.02. The molecule has 164 valence electrons. The second kappa shape index (κ2) is 8.27. The summed E-state index contributed by atoms with van der Waals surface area (Å²) in [5.74, 6) is -2.82. The Morgan fingerprint density at radius 2 is 1.94 bits per heavy atom. The third kappa shape index (κ3) is 4.75. The van der Waals surface area contributed by atoms with E-state index in [1.165, 1.54) is 18.9 Å². The number of amides is 1. The molecular weight excluding hydrogens is 412 g/mol. The number of alkyl halides is 2. The lowest BCUT2D eigenvalue weighted by atomic mass is 10.0. The molecule has 2 fully saturated rings. The van der Waals surface area contributed by atoms with E-state index in [4.69, 9.17) is 0 Å². The largest absolute Gasteiger partial charge is 0.323 e. The maximum Gasteiger partial charge on any atom is 0.272 e. The monoisotopic (exact) mass is 435 g/mol. The van der Waals surface area contributed by atoms with Gasteiger partial charge in [-0.05, 0) is 48.2 Å². The molecule has 5 rings (SSSR count). The van der Waals surface area contributed by atoms with E-state index in [-0.39, 0.29) is 19.0 Å². The van der Waals surface area contributed by atoms with Crippen LogP contribution >= 0.6 is 0 Å². The van der Waals surface area contributed by atoms with Crippen molar-refractivity contribution in [1.82, 2.24) is 19.7 Å². The summed E-state index contributed by atoms with van der Waals surface area (Å²) in [4.78, 5) is 18.3. The van der Waals surface area contributed by atoms with Gasteiger partial charge in [-0.15, -0.1) is 0 Å². The molecule has 3 heterocycles. The van der Waals surface area contributed by atoms with E-state index in [1.54, 1.807) is 35.5 Å². The number of carbonyl (C=O) groups excluding carboxylic acids is 1. The molecule has 1 saturated carbocycles. The van der Waals surface area contributed by atoms with Gasteiger partial charge in [0.2, 0.25) is 5.91 Å². The van der Waals surface area contributed by atoms with Gasteiger partial charge >= 0.3 is 0 Å². The summed E-state index contributed by atoms with van der Waals surface area (Å²) >= 11 is 0. The number of hydrogen-bond acceptors (Lipinski definition) is 4. The van der Waals surface area contributed by atoms with E-state index in [2.05, 4.69) is 15.4 Å². The van der Waals surface area contributed by atoms with Crippen molar-refractivity contribution in [3.8, 4) is 11.1 Å². The van der Waals surface area contributed by atoms with Crippen molar-refractivity contribution >= 4 is 17.7 Å². The predicted molar refractivity (Wildman–Crippen MR) is 118 cm³/mol. The van der Waals surface area contributed by atoms with Crippen molar-refractivity contribution in [2.24, 2.45) is 0 Å². The van der Waals surface area contributed by atoms with Gasteiger partial charge in [-0.3, -0.25) is 19.4 Å². The highest BCUT2D eigenvalue weighted by atomic mass is 19.3. The molecule has 0 atom stereocenters. The van der Waals surface area contributed by atoms with Gasteiger partial charge in [0.25, 0.3) is 5.92 Å². The summed E-state index contributed by atoms with van der Waals surface area (Å²) < 4.78 is 27.9. The van der Waals surface area contributed by atoms with Crippen molar-refractivity contribution in [3.05, 3.63) is 72.3 Å². The minimum atomic E-state index is -2.56. The Morgan fingerprint density at radius 1 is 1.16 bits per heavy atom. The molecule has 1 N–H and O–H groups in total. The molecule has 6 nitrogen and oxygen atoms in total. The molecule has 8 heteroatoms. The van der Waals surface area contributed by atoms with Crippen LogP contribution in [-0.2, 0) is 11.3 Å². The Kier molecular flexibility index (Phi) is 5.30. The topological polar surface area (TPSA) is 63.1 Å². The Hall–Kier alpha value is -3.39. The molecule has 32 heavy (non-hydrogen) atoms. The fraction of sp³-hybridized carbons (Fsp3) is 0.292. The number of pyridine rings is 1. The number of carbonyl (C=O) groups is 1. The Labute approximate surface area is 184 Å². The molecule has 1 saturated heterocycles. The van der Waals surface area contributed by atoms with Gasteiger partial charge in [-0.2, -0.15) is 5.10 Å². The van der Waals surface area contributed by atoms with Crippen LogP contribution in [0, 0.1) is 0 Å². The van der Waals surface area contributed by atoms with Crippen LogP contribution in [-0.4, -0.2) is 44.6 Å². The van der Waals surface area contributed by atoms with Crippen LogP contribution < -0.4 is 5.32 Å². The van der Waals surface area contributed by atoms with Gasteiger partial charge in [-0.1, -0.05) is 12.1 Å². The van der Waals surface area contributed by atoms with Crippen molar-refractivity contribution in [2.45, 2.75) is 31.4 Å². The van der Waals surface area contributed by atoms with Crippen LogP contribution in [0.25, 0.3) is 17.2 Å². The lowest BCUT2D eigenvalue weighted by Gasteiger charge is -2.38. The van der Waals surface area contributed by atoms with Crippen LogP contribution in [0.3, 0.4) is 0 Å². The highest BCUT2D eigenvalue weighted by Gasteiger charge is 2.43. The summed E-state index contributed by atoms with van der Waals surface area (Å²) in [5.41, 5.74) is 4.38. The maximum atomic E-state index is 12.9. The van der Waals surface area contributed by atoms with E-state index in [1.807, 2.05) is 35.3 Å². The van der Waals surface area contributed by atoms with Crippen LogP contribution in [0.1, 0.15) is 30.0 Å². The number of aromatic nitrogens is 3. The Balaban J connectivity index is 1.20. The van der Waals surface area contributed by atoms with Crippen molar-refractivity contribution in [2.75, 3.05) is 18.4 Å². The van der Waals surface area contributed by atoms with Crippen molar-refractivity contribution in [3.63, 3.8) is 0 Å². The molecule has 3 aromatic rings. The molecule has 2 aromatic heterocycles. The number of nitrogens with one attached hydrogen (secondary N) is 1. The number of rotatable bonds is 7. The van der Waals surface area contributed by atoms with Crippen LogP contribution in [0.4, 0.5) is 14.5 Å². The molecule has 2 aliphatic rings. The minimum Gasteiger partial charge on any atom is -0.323 e. The van der Waals surface area contributed by atoms with Gasteiger partial charge in [-0.25, -0.2) is 8.78 Å². The summed E-state index contributed by atoms with van der Waals surface area (Å²) in [6.07, 6.45) is 12.9. The average molecular weight is 435 g/mol. The van der Waals surface area contributed by atoms with E-state index in [9.17, 15) is 13.6 Å². The SMILES string of the molecule is O=C(/C=C/c1cnccc1-c1cnn(C2CC2)c1)Nc1ccc(CN2CC(F)(F)C2)cc1. The summed E-state index contributed by atoms with van der Waals surface area (Å²) in [6.45, 7) is 0.0762. The maximum absolute atomic E-state index is 12.9. The van der Waals surface area contributed by atoms with Crippen LogP contribution in [0.15, 0.2) is 61.2 Å². The highest BCUT2D eigenvalue weighted by Crippen LogP contribution is 2.35. The molecule has 1 amide bonds. The average Bonchev–Trinajstić information content (AvgIpc) is 3.49. The first-order chi connectivity index (χ1) is 15.4. The first-order valence-corrected chi connectivity index (χ1v) is 10.6. The van der Waals surface area contributed by atoms with E-state index in [0.717, 1.165) is 22.3 Å². The molecule has 0 radical (unpaired) electrons. The molecular formula is C24H23F2N5O.